The van der Waals surface area contributed by atoms with Gasteiger partial charge >= 0.3 is 6.18 Å². The van der Waals surface area contributed by atoms with Crippen molar-refractivity contribution in [2.24, 2.45) is 0 Å². The maximum absolute atomic E-state index is 13.0. The number of halogens is 4. The molecule has 0 aliphatic rings. The fourth-order valence-corrected chi connectivity index (χ4v) is 2.61. The van der Waals surface area contributed by atoms with Crippen LogP contribution in [0.4, 0.5) is 13.2 Å². The topological polar surface area (TPSA) is 9.23 Å². The SMILES string of the molecule is CC(C)(C)[Si](C)(C)Oc1cc(Br)ccc1C(F)(F)F. The molecular formula is C13H18BrF3OSi. The van der Waals surface area contributed by atoms with Crippen LogP contribution in [0.3, 0.4) is 0 Å². The van der Waals surface area contributed by atoms with E-state index in [-0.39, 0.29) is 10.8 Å². The van der Waals surface area contributed by atoms with Crippen molar-refractivity contribution in [3.8, 4) is 5.75 Å². The third kappa shape index (κ3) is 3.98. The summed E-state index contributed by atoms with van der Waals surface area (Å²) in [5.41, 5.74) is -0.722. The molecule has 0 bridgehead atoms. The second-order valence-electron chi connectivity index (χ2n) is 6.00. The maximum atomic E-state index is 13.0. The summed E-state index contributed by atoms with van der Waals surface area (Å²) in [6.07, 6.45) is -4.40. The summed E-state index contributed by atoms with van der Waals surface area (Å²) in [4.78, 5) is 0. The lowest BCUT2D eigenvalue weighted by molar-refractivity contribution is -0.138. The third-order valence-electron chi connectivity index (χ3n) is 3.42. The highest BCUT2D eigenvalue weighted by Crippen LogP contribution is 2.42. The van der Waals surface area contributed by atoms with Gasteiger partial charge in [-0.15, -0.1) is 0 Å². The van der Waals surface area contributed by atoms with Crippen LogP contribution in [-0.2, 0) is 6.18 Å². The van der Waals surface area contributed by atoms with Crippen molar-refractivity contribution in [3.05, 3.63) is 28.2 Å². The van der Waals surface area contributed by atoms with Crippen molar-refractivity contribution in [2.75, 3.05) is 0 Å². The summed E-state index contributed by atoms with van der Waals surface area (Å²) in [5, 5.41) is -0.155. The van der Waals surface area contributed by atoms with E-state index < -0.39 is 20.1 Å². The Hall–Kier alpha value is -0.493. The summed E-state index contributed by atoms with van der Waals surface area (Å²) in [6.45, 7) is 9.82. The van der Waals surface area contributed by atoms with Crippen molar-refractivity contribution in [1.29, 1.82) is 0 Å². The van der Waals surface area contributed by atoms with Gasteiger partial charge < -0.3 is 4.43 Å². The van der Waals surface area contributed by atoms with E-state index in [1.165, 1.54) is 12.1 Å². The number of hydrogen-bond donors (Lipinski definition) is 0. The second-order valence-corrected chi connectivity index (χ2v) is 11.6. The zero-order valence-corrected chi connectivity index (χ0v) is 14.2. The molecule has 6 heteroatoms. The van der Waals surface area contributed by atoms with E-state index in [0.29, 0.717) is 4.47 Å². The van der Waals surface area contributed by atoms with Gasteiger partial charge in [-0.25, -0.2) is 0 Å². The minimum Gasteiger partial charge on any atom is -0.543 e. The highest BCUT2D eigenvalue weighted by Gasteiger charge is 2.42. The smallest absolute Gasteiger partial charge is 0.419 e. The van der Waals surface area contributed by atoms with Crippen LogP contribution in [0, 0.1) is 0 Å². The minimum absolute atomic E-state index is 0.0894. The van der Waals surface area contributed by atoms with Crippen LogP contribution in [0.25, 0.3) is 0 Å². The van der Waals surface area contributed by atoms with Crippen LogP contribution < -0.4 is 4.43 Å². The first-order chi connectivity index (χ1) is 8.34. The van der Waals surface area contributed by atoms with E-state index in [1.54, 1.807) is 0 Å². The van der Waals surface area contributed by atoms with Gasteiger partial charge in [-0.2, -0.15) is 13.2 Å². The Labute approximate surface area is 121 Å². The lowest BCUT2D eigenvalue weighted by atomic mass is 10.2. The molecule has 0 amide bonds. The van der Waals surface area contributed by atoms with E-state index in [9.17, 15) is 13.2 Å². The van der Waals surface area contributed by atoms with Gasteiger partial charge in [0.1, 0.15) is 5.75 Å². The summed E-state index contributed by atoms with van der Waals surface area (Å²) < 4.78 is 45.3. The second kappa shape index (κ2) is 5.13. The van der Waals surface area contributed by atoms with Crippen LogP contribution in [0.5, 0.6) is 5.75 Å². The van der Waals surface area contributed by atoms with Crippen molar-refractivity contribution < 1.29 is 17.6 Å². The molecule has 0 N–H and O–H groups in total. The van der Waals surface area contributed by atoms with E-state index in [4.69, 9.17) is 4.43 Å². The normalized spacial score (nSPS) is 13.5. The predicted molar refractivity (Wildman–Crippen MR) is 77.0 cm³/mol. The molecule has 1 nitrogen and oxygen atoms in total. The monoisotopic (exact) mass is 354 g/mol. The molecule has 0 aliphatic carbocycles. The lowest BCUT2D eigenvalue weighted by Gasteiger charge is -2.37. The molecule has 0 unspecified atom stereocenters. The summed E-state index contributed by atoms with van der Waals surface area (Å²) >= 11 is 3.19. The van der Waals surface area contributed by atoms with Crippen LogP contribution in [-0.4, -0.2) is 8.32 Å². The van der Waals surface area contributed by atoms with Crippen LogP contribution >= 0.6 is 15.9 Å². The van der Waals surface area contributed by atoms with E-state index in [2.05, 4.69) is 15.9 Å². The van der Waals surface area contributed by atoms with Gasteiger partial charge in [-0.3, -0.25) is 0 Å². The van der Waals surface area contributed by atoms with Crippen LogP contribution in [0.1, 0.15) is 26.3 Å². The molecular weight excluding hydrogens is 337 g/mol. The molecule has 108 valence electrons. The third-order valence-corrected chi connectivity index (χ3v) is 8.26. The van der Waals surface area contributed by atoms with Crippen LogP contribution in [0.2, 0.25) is 18.1 Å². The zero-order valence-electron chi connectivity index (χ0n) is 11.7. The fraction of sp³-hybridized carbons (Fsp3) is 0.538. The van der Waals surface area contributed by atoms with Crippen molar-refractivity contribution >= 4 is 24.2 Å². The molecule has 1 aromatic carbocycles. The van der Waals surface area contributed by atoms with Gasteiger partial charge in [-0.05, 0) is 36.3 Å². The Balaban J connectivity index is 3.24. The molecule has 0 fully saturated rings. The molecule has 0 radical (unpaired) electrons. The van der Waals surface area contributed by atoms with Crippen molar-refractivity contribution in [3.63, 3.8) is 0 Å². The average molecular weight is 355 g/mol. The Morgan fingerprint density at radius 3 is 2.05 bits per heavy atom. The van der Waals surface area contributed by atoms with E-state index >= 15 is 0 Å². The largest absolute Gasteiger partial charge is 0.543 e. The number of alkyl halides is 3. The number of benzene rings is 1. The molecule has 1 rings (SSSR count). The number of hydrogen-bond acceptors (Lipinski definition) is 1. The summed E-state index contributed by atoms with van der Waals surface area (Å²) in [6, 6.07) is 3.82. The van der Waals surface area contributed by atoms with Crippen LogP contribution in [0.15, 0.2) is 22.7 Å². The van der Waals surface area contributed by atoms with Crippen molar-refractivity contribution in [2.45, 2.75) is 45.1 Å². The molecule has 0 heterocycles. The van der Waals surface area contributed by atoms with Gasteiger partial charge in [0.2, 0.25) is 8.32 Å². The quantitative estimate of drug-likeness (QED) is 0.605. The Morgan fingerprint density at radius 1 is 1.11 bits per heavy atom. The van der Waals surface area contributed by atoms with Gasteiger partial charge in [0.05, 0.1) is 5.56 Å². The van der Waals surface area contributed by atoms with Crippen molar-refractivity contribution in [1.82, 2.24) is 0 Å². The Morgan fingerprint density at radius 2 is 1.63 bits per heavy atom. The van der Waals surface area contributed by atoms with Gasteiger partial charge in [-0.1, -0.05) is 36.7 Å². The summed E-state index contributed by atoms with van der Waals surface area (Å²) in [7, 11) is -2.30. The molecule has 0 saturated carbocycles. The first-order valence-corrected chi connectivity index (χ1v) is 9.60. The van der Waals surface area contributed by atoms with Gasteiger partial charge in [0.15, 0.2) is 0 Å². The zero-order chi connectivity index (χ0) is 15.1. The molecule has 0 aliphatic heterocycles. The standard InChI is InChI=1S/C13H18BrF3OSi/c1-12(2,3)19(4,5)18-11-8-9(14)6-7-10(11)13(15,16)17/h6-8H,1-5H3. The Bertz CT molecular complexity index is 464. The van der Waals surface area contributed by atoms with E-state index in [0.717, 1.165) is 6.07 Å². The van der Waals surface area contributed by atoms with E-state index in [1.807, 2.05) is 33.9 Å². The minimum atomic E-state index is -4.40. The fourth-order valence-electron chi connectivity index (χ4n) is 1.24. The lowest BCUT2D eigenvalue weighted by Crippen LogP contribution is -2.44. The highest BCUT2D eigenvalue weighted by atomic mass is 79.9. The van der Waals surface area contributed by atoms with Gasteiger partial charge in [0, 0.05) is 4.47 Å². The molecule has 0 atom stereocenters. The highest BCUT2D eigenvalue weighted by molar-refractivity contribution is 9.10. The summed E-state index contributed by atoms with van der Waals surface area (Å²) in [5.74, 6) is -0.0894. The molecule has 1 aromatic rings. The molecule has 0 spiro atoms. The molecule has 19 heavy (non-hydrogen) atoms. The molecule has 0 saturated heterocycles. The first kappa shape index (κ1) is 16.6. The molecule has 0 aromatic heterocycles. The predicted octanol–water partition coefficient (Wildman–Crippen LogP) is 5.85. The Kier molecular flexibility index (Phi) is 4.47. The number of rotatable bonds is 2. The maximum Gasteiger partial charge on any atom is 0.419 e. The first-order valence-electron chi connectivity index (χ1n) is 5.90. The average Bonchev–Trinajstić information content (AvgIpc) is 2.12. The van der Waals surface area contributed by atoms with Gasteiger partial charge in [0.25, 0.3) is 0 Å².